The van der Waals surface area contributed by atoms with Crippen molar-refractivity contribution in [1.29, 1.82) is 5.41 Å². The molecule has 0 radical (unpaired) electrons. The molecule has 0 aliphatic carbocycles. The molecule has 0 bridgehead atoms. The van der Waals surface area contributed by atoms with Crippen LogP contribution in [0.1, 0.15) is 6.42 Å². The van der Waals surface area contributed by atoms with Gasteiger partial charge in [0, 0.05) is 0 Å². The van der Waals surface area contributed by atoms with Gasteiger partial charge in [0.15, 0.2) is 0 Å². The van der Waals surface area contributed by atoms with Gasteiger partial charge in [-0.15, -0.1) is 0 Å². The first-order chi connectivity index (χ1) is 4.88. The summed E-state index contributed by atoms with van der Waals surface area (Å²) in [7, 11) is 0. The Hall–Kier alpha value is -0.740. The van der Waals surface area contributed by atoms with Crippen molar-refractivity contribution in [2.24, 2.45) is 0 Å². The molecule has 56 valence electrons. The molecule has 2 atom stereocenters. The maximum Gasteiger partial charge on any atom is 0.126 e. The fourth-order valence-electron chi connectivity index (χ4n) is 0.947. The first kappa shape index (κ1) is 7.37. The maximum absolute atomic E-state index is 10.1. The monoisotopic (exact) mass is 141 g/mol. The first-order valence-corrected chi connectivity index (χ1v) is 3.36. The van der Waals surface area contributed by atoms with Crippen LogP contribution in [-0.2, 0) is 4.79 Å². The van der Waals surface area contributed by atoms with Crippen LogP contribution in [-0.4, -0.2) is 31.6 Å². The van der Waals surface area contributed by atoms with Crippen molar-refractivity contribution in [3.05, 3.63) is 5.43 Å². The smallest absolute Gasteiger partial charge is 0.126 e. The van der Waals surface area contributed by atoms with Gasteiger partial charge in [-0.3, -0.25) is 0 Å². The normalized spacial score (nSPS) is 26.6. The summed E-state index contributed by atoms with van der Waals surface area (Å²) in [5.41, 5.74) is 4.07. The quantitative estimate of drug-likeness (QED) is 0.374. The van der Waals surface area contributed by atoms with Crippen LogP contribution in [0.4, 0.5) is 0 Å². The minimum Gasteiger partial charge on any atom is -0.449 e. The number of carbonyl (C=O) groups excluding carboxylic acids is 1. The largest absolute Gasteiger partial charge is 0.449 e. The summed E-state index contributed by atoms with van der Waals surface area (Å²) < 4.78 is 0. The lowest BCUT2D eigenvalue weighted by atomic mass is 10.2. The van der Waals surface area contributed by atoms with Gasteiger partial charge in [-0.1, -0.05) is 6.54 Å². The van der Waals surface area contributed by atoms with Gasteiger partial charge in [0.1, 0.15) is 12.3 Å². The highest BCUT2D eigenvalue weighted by atomic mass is 16.1. The standard InChI is InChI=1S/C6H11N3O/c7-5-6(1-4-10)9-3-2-8-9/h4-7,9H,1-3H2. The Morgan fingerprint density at radius 1 is 1.80 bits per heavy atom. The molecular weight excluding hydrogens is 130 g/mol. The van der Waals surface area contributed by atoms with E-state index in [2.05, 4.69) is 5.43 Å². The predicted octanol–water partition coefficient (Wildman–Crippen LogP) is -1.22. The highest BCUT2D eigenvalue weighted by Gasteiger charge is 2.16. The molecule has 0 aromatic carbocycles. The molecule has 1 fully saturated rings. The number of hydrogen-bond donors (Lipinski definition) is 2. The second kappa shape index (κ2) is 3.43. The van der Waals surface area contributed by atoms with Crippen LogP contribution in [0.25, 0.3) is 5.43 Å². The van der Waals surface area contributed by atoms with Crippen LogP contribution in [0.15, 0.2) is 0 Å². The zero-order valence-electron chi connectivity index (χ0n) is 5.71. The van der Waals surface area contributed by atoms with E-state index in [9.17, 15) is 4.79 Å². The van der Waals surface area contributed by atoms with Crippen molar-refractivity contribution < 1.29 is 9.80 Å². The van der Waals surface area contributed by atoms with Gasteiger partial charge >= 0.3 is 0 Å². The number of hydrogen-bond acceptors (Lipinski definition) is 2. The van der Waals surface area contributed by atoms with Crippen molar-refractivity contribution in [2.45, 2.75) is 12.5 Å². The molecule has 1 heterocycles. The van der Waals surface area contributed by atoms with Crippen molar-refractivity contribution in [1.82, 2.24) is 0 Å². The number of rotatable bonds is 4. The molecule has 1 aliphatic rings. The number of quaternary nitrogens is 1. The molecule has 10 heavy (non-hydrogen) atoms. The van der Waals surface area contributed by atoms with E-state index in [0.717, 1.165) is 24.4 Å². The van der Waals surface area contributed by atoms with Crippen LogP contribution >= 0.6 is 0 Å². The van der Waals surface area contributed by atoms with Crippen molar-refractivity contribution in [2.75, 3.05) is 13.1 Å². The Kier molecular flexibility index (Phi) is 2.53. The van der Waals surface area contributed by atoms with Crippen LogP contribution in [0.5, 0.6) is 0 Å². The molecule has 0 aromatic heterocycles. The lowest BCUT2D eigenvalue weighted by molar-refractivity contribution is -0.906. The fraction of sp³-hybridized carbons (Fsp3) is 0.667. The molecule has 0 amide bonds. The molecule has 2 unspecified atom stereocenters. The van der Waals surface area contributed by atoms with E-state index in [-0.39, 0.29) is 6.04 Å². The molecule has 1 aliphatic heterocycles. The summed E-state index contributed by atoms with van der Waals surface area (Å²) in [6.45, 7) is 1.84. The molecule has 0 aromatic rings. The molecule has 0 spiro atoms. The van der Waals surface area contributed by atoms with E-state index in [1.807, 2.05) is 0 Å². The number of carbonyl (C=O) groups is 1. The lowest BCUT2D eigenvalue weighted by Crippen LogP contribution is -3.18. The summed E-state index contributed by atoms with van der Waals surface area (Å²) in [5.74, 6) is 0. The van der Waals surface area contributed by atoms with Gasteiger partial charge in [0.25, 0.3) is 0 Å². The summed E-state index contributed by atoms with van der Waals surface area (Å²) in [5, 5.41) is 7.98. The second-order valence-electron chi connectivity index (χ2n) is 2.30. The van der Waals surface area contributed by atoms with Crippen molar-refractivity contribution >= 4 is 12.5 Å². The van der Waals surface area contributed by atoms with Gasteiger partial charge in [0.2, 0.25) is 0 Å². The molecular formula is C6H11N3O. The van der Waals surface area contributed by atoms with E-state index in [4.69, 9.17) is 5.41 Å². The van der Waals surface area contributed by atoms with Crippen LogP contribution in [0, 0.1) is 5.41 Å². The molecule has 0 saturated carbocycles. The zero-order chi connectivity index (χ0) is 7.40. The van der Waals surface area contributed by atoms with Crippen molar-refractivity contribution in [3.63, 3.8) is 0 Å². The topological polar surface area (TPSA) is 59.5 Å². The number of nitrogens with one attached hydrogen (secondary N) is 2. The summed E-state index contributed by atoms with van der Waals surface area (Å²) >= 11 is 0. The Morgan fingerprint density at radius 3 is 2.80 bits per heavy atom. The average Bonchev–Trinajstić information content (AvgIpc) is 1.83. The molecule has 2 N–H and O–H groups in total. The highest BCUT2D eigenvalue weighted by Crippen LogP contribution is 1.88. The van der Waals surface area contributed by atoms with E-state index in [1.165, 1.54) is 6.21 Å². The van der Waals surface area contributed by atoms with Gasteiger partial charge in [-0.2, -0.15) is 0 Å². The Bertz CT molecular complexity index is 133. The summed E-state index contributed by atoms with van der Waals surface area (Å²) in [6, 6.07) is -0.00810. The summed E-state index contributed by atoms with van der Waals surface area (Å²) in [4.78, 5) is 10.1. The Labute approximate surface area is 59.7 Å². The lowest BCUT2D eigenvalue weighted by Gasteiger charge is -2.45. The van der Waals surface area contributed by atoms with E-state index >= 15 is 0 Å². The number of nitrogens with zero attached hydrogens (tertiary/aromatic N) is 1. The predicted molar refractivity (Wildman–Crippen MR) is 37.3 cm³/mol. The van der Waals surface area contributed by atoms with E-state index in [1.54, 1.807) is 0 Å². The van der Waals surface area contributed by atoms with Gasteiger partial charge < -0.3 is 20.6 Å². The molecule has 1 saturated heterocycles. The third-order valence-electron chi connectivity index (χ3n) is 1.66. The van der Waals surface area contributed by atoms with Gasteiger partial charge in [0.05, 0.1) is 19.2 Å². The Morgan fingerprint density at radius 2 is 2.50 bits per heavy atom. The first-order valence-electron chi connectivity index (χ1n) is 3.36. The third kappa shape index (κ3) is 1.40. The van der Waals surface area contributed by atoms with Crippen LogP contribution < -0.4 is 5.01 Å². The minimum atomic E-state index is -0.00810. The van der Waals surface area contributed by atoms with E-state index in [0.29, 0.717) is 6.42 Å². The molecule has 4 heteroatoms. The van der Waals surface area contributed by atoms with Crippen molar-refractivity contribution in [3.8, 4) is 0 Å². The molecule has 1 rings (SSSR count). The second-order valence-corrected chi connectivity index (χ2v) is 2.30. The zero-order valence-corrected chi connectivity index (χ0v) is 5.71. The fourth-order valence-corrected chi connectivity index (χ4v) is 0.947. The molecule has 4 nitrogen and oxygen atoms in total. The van der Waals surface area contributed by atoms with Gasteiger partial charge in [-0.25, -0.2) is 0 Å². The maximum atomic E-state index is 10.1. The minimum absolute atomic E-state index is 0.00810. The van der Waals surface area contributed by atoms with Crippen LogP contribution in [0.3, 0.4) is 0 Å². The van der Waals surface area contributed by atoms with E-state index < -0.39 is 0 Å². The summed E-state index contributed by atoms with van der Waals surface area (Å²) in [6.07, 6.45) is 2.56. The van der Waals surface area contributed by atoms with Crippen LogP contribution in [0.2, 0.25) is 0 Å². The average molecular weight is 141 g/mol. The number of aldehydes is 1. The Balaban J connectivity index is 2.30. The third-order valence-corrected chi connectivity index (χ3v) is 1.66. The SMILES string of the molecule is N=CC(CC=O)[NH+]1CC[N-]1. The van der Waals surface area contributed by atoms with Gasteiger partial charge in [-0.05, 0) is 0 Å². The highest BCUT2D eigenvalue weighted by molar-refractivity contribution is 5.65.